The number of hydrogen-bond acceptors (Lipinski definition) is 9. The van der Waals surface area contributed by atoms with Gasteiger partial charge in [0.15, 0.2) is 11.5 Å². The lowest BCUT2D eigenvalue weighted by Crippen LogP contribution is -2.48. The summed E-state index contributed by atoms with van der Waals surface area (Å²) in [6.45, 7) is 3.03. The number of nitrogens with one attached hydrogen (secondary N) is 1. The number of ether oxygens (including phenoxy) is 2. The topological polar surface area (TPSA) is 169 Å². The molecule has 2 aliphatic heterocycles. The Balaban J connectivity index is 0.000000850. The Kier molecular flexibility index (Phi) is 9.29. The standard InChI is InChI=1S/C21H23N3O6S.HO3P.H2/c25-21(22-26)8-4-16-1-5-18(6-2-16)31(27,28)24-11-9-23(10-12-24)14-17-3-7-19-20(13-17)30-15-29-19;1-4(2)3;/h1-8,13,26H,9-12,14-15H2,(H,22,25);(H,1,2,3);1H/b8-4+;;. The fraction of sp³-hybridized carbons (Fsp3) is 0.286. The molecule has 0 radical (unpaired) electrons. The van der Waals surface area contributed by atoms with Crippen LogP contribution in [0.15, 0.2) is 53.4 Å². The number of piperazine rings is 1. The largest absolute Gasteiger partial charge is 0.567 e. The molecule has 12 nitrogen and oxygen atoms in total. The maximum atomic E-state index is 13.0. The molecule has 0 bridgehead atoms. The highest BCUT2D eigenvalue weighted by Gasteiger charge is 2.28. The Morgan fingerprint density at radius 1 is 1.11 bits per heavy atom. The lowest BCUT2D eigenvalue weighted by molar-refractivity contribution is -0.180. The summed E-state index contributed by atoms with van der Waals surface area (Å²) in [5.74, 6) is 0.835. The Labute approximate surface area is 204 Å². The monoisotopic (exact) mass is 527 g/mol. The van der Waals surface area contributed by atoms with Crippen molar-refractivity contribution in [3.63, 3.8) is 0 Å². The lowest BCUT2D eigenvalue weighted by atomic mass is 10.2. The van der Waals surface area contributed by atoms with Crippen LogP contribution in [0, 0.1) is 0 Å². The first kappa shape index (κ1) is 26.7. The van der Waals surface area contributed by atoms with Gasteiger partial charge < -0.3 is 14.4 Å². The molecule has 4 rings (SSSR count). The molecule has 0 aliphatic carbocycles. The van der Waals surface area contributed by atoms with E-state index < -0.39 is 24.2 Å². The van der Waals surface area contributed by atoms with Crippen LogP contribution in [-0.2, 0) is 25.9 Å². The molecule has 2 aliphatic rings. The summed E-state index contributed by atoms with van der Waals surface area (Å²) in [6.07, 6.45) is 2.64. The second kappa shape index (κ2) is 12.2. The second-order valence-corrected chi connectivity index (χ2v) is 9.90. The van der Waals surface area contributed by atoms with E-state index in [1.54, 1.807) is 12.1 Å². The molecule has 1 saturated heterocycles. The highest BCUT2D eigenvalue weighted by atomic mass is 32.2. The molecule has 0 aromatic heterocycles. The number of carbonyl (C=O) groups excluding carboxylic acids is 1. The molecule has 0 spiro atoms. The number of carbonyl (C=O) groups is 1. The molecular formula is C21H26N3O9PS. The Hall–Kier alpha value is -2.90. The first-order valence-electron chi connectivity index (χ1n) is 10.4. The van der Waals surface area contributed by atoms with Crippen molar-refractivity contribution >= 4 is 30.3 Å². The molecule has 35 heavy (non-hydrogen) atoms. The van der Waals surface area contributed by atoms with E-state index in [2.05, 4.69) is 4.90 Å². The molecule has 3 N–H and O–H groups in total. The molecule has 2 aromatic carbocycles. The fourth-order valence-electron chi connectivity index (χ4n) is 3.53. The van der Waals surface area contributed by atoms with Crippen molar-refractivity contribution in [3.05, 3.63) is 59.7 Å². The lowest BCUT2D eigenvalue weighted by Gasteiger charge is -2.34. The quantitative estimate of drug-likeness (QED) is 0.210. The van der Waals surface area contributed by atoms with Gasteiger partial charge in [-0.1, -0.05) is 18.2 Å². The zero-order chi connectivity index (χ0) is 25.4. The van der Waals surface area contributed by atoms with E-state index in [1.165, 1.54) is 28.0 Å². The van der Waals surface area contributed by atoms with Gasteiger partial charge in [0.05, 0.1) is 4.90 Å². The summed E-state index contributed by atoms with van der Waals surface area (Å²) < 4.78 is 46.8. The van der Waals surface area contributed by atoms with Gasteiger partial charge in [-0.05, 0) is 46.0 Å². The summed E-state index contributed by atoms with van der Waals surface area (Å²) >= 11 is 0. The first-order chi connectivity index (χ1) is 16.7. The molecule has 190 valence electrons. The maximum Gasteiger partial charge on any atom is 0.485 e. The number of benzene rings is 2. The summed E-state index contributed by atoms with van der Waals surface area (Å²) in [6, 6.07) is 12.1. The number of sulfonamides is 1. The van der Waals surface area contributed by atoms with Gasteiger partial charge in [-0.2, -0.15) is 9.20 Å². The molecule has 14 heteroatoms. The summed E-state index contributed by atoms with van der Waals surface area (Å²) in [4.78, 5) is 29.1. The van der Waals surface area contributed by atoms with Crippen molar-refractivity contribution in [2.45, 2.75) is 11.4 Å². The van der Waals surface area contributed by atoms with Crippen LogP contribution in [0.4, 0.5) is 0 Å². The normalized spacial score (nSPS) is 16.5. The molecule has 1 unspecified atom stereocenters. The van der Waals surface area contributed by atoms with Crippen LogP contribution in [0.1, 0.15) is 12.6 Å². The average Bonchev–Trinajstić information content (AvgIpc) is 3.31. The Morgan fingerprint density at radius 3 is 2.37 bits per heavy atom. The van der Waals surface area contributed by atoms with E-state index in [-0.39, 0.29) is 13.1 Å². The van der Waals surface area contributed by atoms with Crippen LogP contribution in [0.5, 0.6) is 11.5 Å². The minimum absolute atomic E-state index is 0. The second-order valence-electron chi connectivity index (χ2n) is 7.48. The number of rotatable bonds is 6. The molecule has 2 heterocycles. The summed E-state index contributed by atoms with van der Waals surface area (Å²) in [5.41, 5.74) is 3.24. The molecule has 1 amide bonds. The van der Waals surface area contributed by atoms with Crippen LogP contribution >= 0.6 is 8.25 Å². The highest BCUT2D eigenvalue weighted by molar-refractivity contribution is 7.89. The van der Waals surface area contributed by atoms with Crippen molar-refractivity contribution < 1.29 is 43.7 Å². The molecular weight excluding hydrogens is 501 g/mol. The fourth-order valence-corrected chi connectivity index (χ4v) is 4.96. The first-order valence-corrected chi connectivity index (χ1v) is 12.9. The average molecular weight is 527 g/mol. The third-order valence-corrected chi connectivity index (χ3v) is 7.14. The van der Waals surface area contributed by atoms with E-state index in [1.807, 2.05) is 18.2 Å². The molecule has 0 saturated carbocycles. The van der Waals surface area contributed by atoms with Crippen molar-refractivity contribution in [2.24, 2.45) is 0 Å². The van der Waals surface area contributed by atoms with Gasteiger partial charge in [0.2, 0.25) is 16.8 Å². The Morgan fingerprint density at radius 2 is 1.74 bits per heavy atom. The number of amides is 1. The van der Waals surface area contributed by atoms with Crippen molar-refractivity contribution in [1.82, 2.24) is 14.7 Å². The SMILES string of the molecule is O=C(/C=C/c1ccc(S(=O)(=O)N2CCN(Cc3ccc4c(c3)OCO4)CC2)cc1)NO.O=[P+]([O-])O.[HH]. The van der Waals surface area contributed by atoms with Crippen LogP contribution in [0.25, 0.3) is 6.08 Å². The van der Waals surface area contributed by atoms with Crippen molar-refractivity contribution in [3.8, 4) is 11.5 Å². The zero-order valence-corrected chi connectivity index (χ0v) is 20.2. The van der Waals surface area contributed by atoms with Crippen LogP contribution in [0.3, 0.4) is 0 Å². The third kappa shape index (κ3) is 7.54. The number of hydrogen-bond donors (Lipinski definition) is 3. The predicted octanol–water partition coefficient (Wildman–Crippen LogP) is 0.683. The molecule has 2 aromatic rings. The number of hydroxylamine groups is 1. The van der Waals surface area contributed by atoms with E-state index in [0.717, 1.165) is 23.1 Å². The zero-order valence-electron chi connectivity index (χ0n) is 18.4. The van der Waals surface area contributed by atoms with Gasteiger partial charge in [-0.3, -0.25) is 14.9 Å². The van der Waals surface area contributed by atoms with Gasteiger partial charge in [0.25, 0.3) is 5.91 Å². The van der Waals surface area contributed by atoms with E-state index >= 15 is 0 Å². The maximum absolute atomic E-state index is 13.0. The van der Waals surface area contributed by atoms with Gasteiger partial charge in [-0.15, -0.1) is 0 Å². The highest BCUT2D eigenvalue weighted by Crippen LogP contribution is 2.33. The van der Waals surface area contributed by atoms with E-state index in [4.69, 9.17) is 29.0 Å². The minimum atomic E-state index is -3.59. The van der Waals surface area contributed by atoms with Crippen LogP contribution in [-0.4, -0.2) is 66.6 Å². The third-order valence-electron chi connectivity index (χ3n) is 5.23. The summed E-state index contributed by atoms with van der Waals surface area (Å²) in [7, 11) is -6.71. The van der Waals surface area contributed by atoms with Crippen LogP contribution < -0.4 is 19.8 Å². The molecule has 1 fully saturated rings. The van der Waals surface area contributed by atoms with Gasteiger partial charge >= 0.3 is 8.25 Å². The number of nitrogens with zero attached hydrogens (tertiary/aromatic N) is 2. The number of fused-ring (bicyclic) bond motifs is 1. The van der Waals surface area contributed by atoms with Crippen molar-refractivity contribution in [1.29, 1.82) is 0 Å². The minimum Gasteiger partial charge on any atom is -0.567 e. The van der Waals surface area contributed by atoms with Gasteiger partial charge in [0, 0.05) is 40.2 Å². The van der Waals surface area contributed by atoms with E-state index in [9.17, 15) is 13.2 Å². The predicted molar refractivity (Wildman–Crippen MR) is 124 cm³/mol. The smallest absolute Gasteiger partial charge is 0.485 e. The summed E-state index contributed by atoms with van der Waals surface area (Å²) in [5, 5.41) is 8.50. The van der Waals surface area contributed by atoms with Crippen molar-refractivity contribution in [2.75, 3.05) is 33.0 Å². The van der Waals surface area contributed by atoms with Gasteiger partial charge in [-0.25, -0.2) is 13.9 Å². The van der Waals surface area contributed by atoms with Crippen LogP contribution in [0.2, 0.25) is 0 Å². The van der Waals surface area contributed by atoms with E-state index in [0.29, 0.717) is 38.3 Å². The molecule has 1 atom stereocenters. The Bertz CT molecular complexity index is 1180. The van der Waals surface area contributed by atoms with Gasteiger partial charge in [0.1, 0.15) is 0 Å².